The van der Waals surface area contributed by atoms with E-state index in [1.165, 1.54) is 32.2 Å². The summed E-state index contributed by atoms with van der Waals surface area (Å²) in [4.78, 5) is 2.49. The second kappa shape index (κ2) is 3.82. The van der Waals surface area contributed by atoms with Crippen molar-refractivity contribution < 1.29 is 5.11 Å². The summed E-state index contributed by atoms with van der Waals surface area (Å²) in [6, 6.07) is 0. The van der Waals surface area contributed by atoms with Gasteiger partial charge in [0, 0.05) is 18.6 Å². The summed E-state index contributed by atoms with van der Waals surface area (Å²) in [6.45, 7) is 6.63. The Hall–Kier alpha value is -0.0800. The lowest BCUT2D eigenvalue weighted by molar-refractivity contribution is 0.141. The van der Waals surface area contributed by atoms with Gasteiger partial charge in [0.1, 0.15) is 0 Å². The predicted molar refractivity (Wildman–Crippen MR) is 58.2 cm³/mol. The Kier molecular flexibility index (Phi) is 2.85. The van der Waals surface area contributed by atoms with Gasteiger partial charge in [-0.05, 0) is 39.0 Å². The van der Waals surface area contributed by atoms with E-state index in [1.807, 2.05) is 0 Å². The van der Waals surface area contributed by atoms with Crippen LogP contribution < -0.4 is 0 Å². The standard InChI is InChI=1S/C12H23NO/c1-12(2)7-11(14)9-13(12)8-10-5-3-4-6-10/h10-11,14H,3-9H2,1-2H3. The van der Waals surface area contributed by atoms with Gasteiger partial charge in [-0.25, -0.2) is 0 Å². The van der Waals surface area contributed by atoms with Crippen LogP contribution in [0.2, 0.25) is 0 Å². The maximum atomic E-state index is 9.67. The number of aliphatic hydroxyl groups excluding tert-OH is 1. The highest BCUT2D eigenvalue weighted by atomic mass is 16.3. The molecule has 0 spiro atoms. The normalized spacial score (nSPS) is 34.1. The summed E-state index contributed by atoms with van der Waals surface area (Å²) < 4.78 is 0. The number of hydrogen-bond acceptors (Lipinski definition) is 2. The van der Waals surface area contributed by atoms with Gasteiger partial charge in [-0.15, -0.1) is 0 Å². The third-order valence-corrected chi connectivity index (χ3v) is 3.98. The van der Waals surface area contributed by atoms with Crippen LogP contribution in [0.5, 0.6) is 0 Å². The van der Waals surface area contributed by atoms with Crippen molar-refractivity contribution in [3.63, 3.8) is 0 Å². The van der Waals surface area contributed by atoms with E-state index in [2.05, 4.69) is 18.7 Å². The van der Waals surface area contributed by atoms with Gasteiger partial charge in [0.05, 0.1) is 6.10 Å². The van der Waals surface area contributed by atoms with Crippen molar-refractivity contribution in [1.82, 2.24) is 4.90 Å². The van der Waals surface area contributed by atoms with Gasteiger partial charge in [0.2, 0.25) is 0 Å². The zero-order valence-corrected chi connectivity index (χ0v) is 9.50. The highest BCUT2D eigenvalue weighted by molar-refractivity contribution is 4.93. The second-order valence-electron chi connectivity index (χ2n) is 5.73. The Balaban J connectivity index is 1.90. The molecule has 0 aromatic rings. The molecule has 1 atom stereocenters. The van der Waals surface area contributed by atoms with Crippen LogP contribution in [0.15, 0.2) is 0 Å². The summed E-state index contributed by atoms with van der Waals surface area (Å²) in [7, 11) is 0. The van der Waals surface area contributed by atoms with Gasteiger partial charge in [0.25, 0.3) is 0 Å². The topological polar surface area (TPSA) is 23.5 Å². The molecule has 1 unspecified atom stereocenters. The van der Waals surface area contributed by atoms with Gasteiger partial charge in [-0.1, -0.05) is 12.8 Å². The van der Waals surface area contributed by atoms with Crippen LogP contribution in [0.4, 0.5) is 0 Å². The van der Waals surface area contributed by atoms with Crippen LogP contribution in [0.3, 0.4) is 0 Å². The number of β-amino-alcohol motifs (C(OH)–C–C–N with tert-alkyl or cyclic N) is 1. The highest BCUT2D eigenvalue weighted by Gasteiger charge is 2.38. The van der Waals surface area contributed by atoms with Gasteiger partial charge in [-0.2, -0.15) is 0 Å². The van der Waals surface area contributed by atoms with Crippen LogP contribution in [0.1, 0.15) is 46.0 Å². The average Bonchev–Trinajstić information content (AvgIpc) is 2.61. The van der Waals surface area contributed by atoms with E-state index in [9.17, 15) is 5.11 Å². The average molecular weight is 197 g/mol. The fourth-order valence-corrected chi connectivity index (χ4v) is 3.10. The quantitative estimate of drug-likeness (QED) is 0.732. The SMILES string of the molecule is CC1(C)CC(O)CN1CC1CCCC1. The number of hydrogen-bond donors (Lipinski definition) is 1. The van der Waals surface area contributed by atoms with Crippen LogP contribution in [-0.4, -0.2) is 34.7 Å². The minimum absolute atomic E-state index is 0.0913. The molecule has 0 radical (unpaired) electrons. The molecule has 0 bridgehead atoms. The van der Waals surface area contributed by atoms with Crippen LogP contribution in [0, 0.1) is 5.92 Å². The molecule has 2 fully saturated rings. The Morgan fingerprint density at radius 2 is 1.93 bits per heavy atom. The number of rotatable bonds is 2. The summed E-state index contributed by atoms with van der Waals surface area (Å²) in [5, 5.41) is 9.67. The molecule has 1 aliphatic carbocycles. The molecular weight excluding hydrogens is 174 g/mol. The molecule has 2 rings (SSSR count). The van der Waals surface area contributed by atoms with E-state index in [1.54, 1.807) is 0 Å². The van der Waals surface area contributed by atoms with Gasteiger partial charge < -0.3 is 5.11 Å². The zero-order valence-electron chi connectivity index (χ0n) is 9.50. The first-order valence-corrected chi connectivity index (χ1v) is 6.01. The van der Waals surface area contributed by atoms with Crippen LogP contribution in [-0.2, 0) is 0 Å². The lowest BCUT2D eigenvalue weighted by atomic mass is 9.99. The minimum Gasteiger partial charge on any atom is -0.392 e. The molecule has 14 heavy (non-hydrogen) atoms. The maximum Gasteiger partial charge on any atom is 0.0684 e. The number of likely N-dealkylation sites (tertiary alicyclic amines) is 1. The first-order chi connectivity index (χ1) is 6.58. The molecule has 2 nitrogen and oxygen atoms in total. The van der Waals surface area contributed by atoms with Crippen LogP contribution in [0.25, 0.3) is 0 Å². The van der Waals surface area contributed by atoms with Crippen molar-refractivity contribution >= 4 is 0 Å². The summed E-state index contributed by atoms with van der Waals surface area (Å²) in [5.41, 5.74) is 0.224. The molecule has 1 saturated carbocycles. The van der Waals surface area contributed by atoms with Crippen molar-refractivity contribution in [2.24, 2.45) is 5.92 Å². The molecule has 0 amide bonds. The lowest BCUT2D eigenvalue weighted by Crippen LogP contribution is -2.40. The number of aliphatic hydroxyl groups is 1. The van der Waals surface area contributed by atoms with E-state index in [0.29, 0.717) is 0 Å². The van der Waals surface area contributed by atoms with E-state index < -0.39 is 0 Å². The third-order valence-electron chi connectivity index (χ3n) is 3.98. The maximum absolute atomic E-state index is 9.67. The summed E-state index contributed by atoms with van der Waals surface area (Å²) in [6.07, 6.45) is 6.50. The van der Waals surface area contributed by atoms with E-state index >= 15 is 0 Å². The predicted octanol–water partition coefficient (Wildman–Crippen LogP) is 2.02. The lowest BCUT2D eigenvalue weighted by Gasteiger charge is -2.33. The van der Waals surface area contributed by atoms with Gasteiger partial charge in [0.15, 0.2) is 0 Å². The van der Waals surface area contributed by atoms with Crippen molar-refractivity contribution in [1.29, 1.82) is 0 Å². The van der Waals surface area contributed by atoms with Crippen molar-refractivity contribution in [3.8, 4) is 0 Å². The smallest absolute Gasteiger partial charge is 0.0684 e. The molecular formula is C12H23NO. The fourth-order valence-electron chi connectivity index (χ4n) is 3.10. The highest BCUT2D eigenvalue weighted by Crippen LogP contribution is 2.33. The molecule has 1 heterocycles. The molecule has 1 saturated heterocycles. The molecule has 1 aliphatic heterocycles. The Bertz CT molecular complexity index is 196. The summed E-state index contributed by atoms with van der Waals surface area (Å²) in [5.74, 6) is 0.902. The second-order valence-corrected chi connectivity index (χ2v) is 5.73. The van der Waals surface area contributed by atoms with Gasteiger partial charge >= 0.3 is 0 Å². The molecule has 0 aromatic heterocycles. The first kappa shape index (κ1) is 10.4. The zero-order chi connectivity index (χ0) is 10.2. The summed E-state index contributed by atoms with van der Waals surface area (Å²) >= 11 is 0. The van der Waals surface area contributed by atoms with E-state index in [4.69, 9.17) is 0 Å². The third kappa shape index (κ3) is 2.12. The Morgan fingerprint density at radius 3 is 2.43 bits per heavy atom. The first-order valence-electron chi connectivity index (χ1n) is 6.01. The molecule has 2 heteroatoms. The Morgan fingerprint density at radius 1 is 1.29 bits per heavy atom. The molecule has 2 aliphatic rings. The van der Waals surface area contributed by atoms with Crippen molar-refractivity contribution in [2.45, 2.75) is 57.6 Å². The van der Waals surface area contributed by atoms with Crippen LogP contribution >= 0.6 is 0 Å². The van der Waals surface area contributed by atoms with Crippen molar-refractivity contribution in [2.75, 3.05) is 13.1 Å². The van der Waals surface area contributed by atoms with E-state index in [-0.39, 0.29) is 11.6 Å². The van der Waals surface area contributed by atoms with Crippen molar-refractivity contribution in [3.05, 3.63) is 0 Å². The number of nitrogens with zero attached hydrogens (tertiary/aromatic N) is 1. The fraction of sp³-hybridized carbons (Fsp3) is 1.00. The van der Waals surface area contributed by atoms with E-state index in [0.717, 1.165) is 18.9 Å². The minimum atomic E-state index is -0.0913. The molecule has 1 N–H and O–H groups in total. The largest absolute Gasteiger partial charge is 0.392 e. The monoisotopic (exact) mass is 197 g/mol. The Labute approximate surface area is 87.3 Å². The molecule has 82 valence electrons. The van der Waals surface area contributed by atoms with Gasteiger partial charge in [-0.3, -0.25) is 4.90 Å². The molecule has 0 aromatic carbocycles.